The van der Waals surface area contributed by atoms with Crippen LogP contribution in [0, 0.1) is 18.8 Å². The number of esters is 1. The van der Waals surface area contributed by atoms with E-state index in [4.69, 9.17) is 4.74 Å². The lowest BCUT2D eigenvalue weighted by Crippen LogP contribution is -2.38. The lowest BCUT2D eigenvalue weighted by molar-refractivity contribution is -0.154. The second-order valence-electron chi connectivity index (χ2n) is 7.45. The van der Waals surface area contributed by atoms with Crippen molar-refractivity contribution in [2.45, 2.75) is 39.0 Å². The molecule has 28 heavy (non-hydrogen) atoms. The standard InChI is InChI=1S/C21H26N2O5/c1-14-6-2-3-7-15(14)10-11-22-18(24)13-28-19(25)12-23-20(26)16-8-4-5-9-17(16)21(23)27/h2-3,6-7,16-17H,4-5,8-13H2,1H3,(H,22,24). The van der Waals surface area contributed by atoms with E-state index in [0.29, 0.717) is 25.8 Å². The molecule has 1 heterocycles. The molecule has 2 unspecified atom stereocenters. The van der Waals surface area contributed by atoms with Gasteiger partial charge in [-0.15, -0.1) is 0 Å². The van der Waals surface area contributed by atoms with Crippen LogP contribution in [-0.4, -0.2) is 48.3 Å². The molecule has 1 N–H and O–H groups in total. The molecule has 1 aliphatic carbocycles. The van der Waals surface area contributed by atoms with Crippen LogP contribution in [0.5, 0.6) is 0 Å². The van der Waals surface area contributed by atoms with Crippen LogP contribution in [0.15, 0.2) is 24.3 Å². The van der Waals surface area contributed by atoms with Gasteiger partial charge in [0.15, 0.2) is 6.61 Å². The molecule has 1 saturated heterocycles. The van der Waals surface area contributed by atoms with Gasteiger partial charge in [0.1, 0.15) is 6.54 Å². The molecule has 1 aromatic carbocycles. The summed E-state index contributed by atoms with van der Waals surface area (Å²) in [6.07, 6.45) is 3.95. The van der Waals surface area contributed by atoms with Crippen LogP contribution in [0.3, 0.4) is 0 Å². The fourth-order valence-electron chi connectivity index (χ4n) is 3.99. The minimum atomic E-state index is -0.741. The van der Waals surface area contributed by atoms with Crippen LogP contribution in [0.4, 0.5) is 0 Å². The number of imide groups is 1. The maximum absolute atomic E-state index is 12.3. The predicted octanol–water partition coefficient (Wildman–Crippen LogP) is 1.37. The zero-order chi connectivity index (χ0) is 20.1. The topological polar surface area (TPSA) is 92.8 Å². The minimum absolute atomic E-state index is 0.283. The predicted molar refractivity (Wildman–Crippen MR) is 101 cm³/mol. The van der Waals surface area contributed by atoms with E-state index >= 15 is 0 Å². The average Bonchev–Trinajstić information content (AvgIpc) is 2.93. The molecule has 0 bridgehead atoms. The molecular formula is C21H26N2O5. The van der Waals surface area contributed by atoms with Gasteiger partial charge in [-0.3, -0.25) is 24.1 Å². The highest BCUT2D eigenvalue weighted by Gasteiger charge is 2.48. The van der Waals surface area contributed by atoms with Crippen LogP contribution >= 0.6 is 0 Å². The normalized spacial score (nSPS) is 21.4. The molecule has 1 aromatic rings. The molecule has 2 atom stereocenters. The molecule has 0 spiro atoms. The molecule has 3 amide bonds. The zero-order valence-electron chi connectivity index (χ0n) is 16.1. The molecule has 1 saturated carbocycles. The largest absolute Gasteiger partial charge is 0.454 e. The number of benzene rings is 1. The Morgan fingerprint density at radius 2 is 1.75 bits per heavy atom. The molecular weight excluding hydrogens is 360 g/mol. The van der Waals surface area contributed by atoms with E-state index in [1.54, 1.807) is 0 Å². The Hall–Kier alpha value is -2.70. The molecule has 3 rings (SSSR count). The van der Waals surface area contributed by atoms with Gasteiger partial charge in [0.2, 0.25) is 11.8 Å². The second kappa shape index (κ2) is 8.99. The summed E-state index contributed by atoms with van der Waals surface area (Å²) >= 11 is 0. The van der Waals surface area contributed by atoms with E-state index in [1.807, 2.05) is 31.2 Å². The Balaban J connectivity index is 1.39. The van der Waals surface area contributed by atoms with E-state index < -0.39 is 25.0 Å². The molecule has 2 fully saturated rings. The summed E-state index contributed by atoms with van der Waals surface area (Å²) in [5.41, 5.74) is 2.30. The monoisotopic (exact) mass is 386 g/mol. The first-order chi connectivity index (χ1) is 13.5. The summed E-state index contributed by atoms with van der Waals surface area (Å²) in [4.78, 5) is 49.5. The first-order valence-corrected chi connectivity index (χ1v) is 9.79. The van der Waals surface area contributed by atoms with Crippen molar-refractivity contribution in [3.05, 3.63) is 35.4 Å². The maximum atomic E-state index is 12.3. The minimum Gasteiger partial charge on any atom is -0.454 e. The highest BCUT2D eigenvalue weighted by Crippen LogP contribution is 2.37. The summed E-state index contributed by atoms with van der Waals surface area (Å²) in [7, 11) is 0. The van der Waals surface area contributed by atoms with Gasteiger partial charge in [-0.2, -0.15) is 0 Å². The van der Waals surface area contributed by atoms with Crippen molar-refractivity contribution >= 4 is 23.7 Å². The van der Waals surface area contributed by atoms with Gasteiger partial charge in [0.05, 0.1) is 11.8 Å². The number of hydrogen-bond acceptors (Lipinski definition) is 5. The van der Waals surface area contributed by atoms with Crippen molar-refractivity contribution in [2.24, 2.45) is 11.8 Å². The van der Waals surface area contributed by atoms with Crippen LogP contribution in [0.1, 0.15) is 36.8 Å². The maximum Gasteiger partial charge on any atom is 0.326 e. The van der Waals surface area contributed by atoms with E-state index in [2.05, 4.69) is 5.32 Å². The molecule has 7 nitrogen and oxygen atoms in total. The molecule has 7 heteroatoms. The SMILES string of the molecule is Cc1ccccc1CCNC(=O)COC(=O)CN1C(=O)C2CCCCC2C1=O. The van der Waals surface area contributed by atoms with Crippen molar-refractivity contribution in [3.63, 3.8) is 0 Å². The Labute approximate surface area is 164 Å². The fourth-order valence-corrected chi connectivity index (χ4v) is 3.99. The Bertz CT molecular complexity index is 752. The number of rotatable bonds is 7. The van der Waals surface area contributed by atoms with Crippen molar-refractivity contribution in [2.75, 3.05) is 19.7 Å². The molecule has 0 aromatic heterocycles. The summed E-state index contributed by atoms with van der Waals surface area (Å²) in [6, 6.07) is 7.92. The number of ether oxygens (including phenoxy) is 1. The number of amides is 3. The third kappa shape index (κ3) is 4.58. The summed E-state index contributed by atoms with van der Waals surface area (Å²) in [5.74, 6) is -2.30. The highest BCUT2D eigenvalue weighted by atomic mass is 16.5. The van der Waals surface area contributed by atoms with Crippen LogP contribution in [0.25, 0.3) is 0 Å². The van der Waals surface area contributed by atoms with Gasteiger partial charge in [0.25, 0.3) is 5.91 Å². The van der Waals surface area contributed by atoms with E-state index in [-0.39, 0.29) is 23.7 Å². The Morgan fingerprint density at radius 1 is 1.11 bits per heavy atom. The van der Waals surface area contributed by atoms with Gasteiger partial charge in [0, 0.05) is 6.54 Å². The fraction of sp³-hybridized carbons (Fsp3) is 0.524. The van der Waals surface area contributed by atoms with Gasteiger partial charge < -0.3 is 10.1 Å². The third-order valence-corrected chi connectivity index (χ3v) is 5.56. The summed E-state index contributed by atoms with van der Waals surface area (Å²) < 4.78 is 4.95. The van der Waals surface area contributed by atoms with Crippen molar-refractivity contribution in [3.8, 4) is 0 Å². The number of fused-ring (bicyclic) bond motifs is 1. The number of nitrogens with zero attached hydrogens (tertiary/aromatic N) is 1. The molecule has 0 radical (unpaired) electrons. The molecule has 150 valence electrons. The van der Waals surface area contributed by atoms with Crippen molar-refractivity contribution in [1.29, 1.82) is 0 Å². The number of hydrogen-bond donors (Lipinski definition) is 1. The summed E-state index contributed by atoms with van der Waals surface area (Å²) in [5, 5.41) is 2.70. The van der Waals surface area contributed by atoms with E-state index in [9.17, 15) is 19.2 Å². The smallest absolute Gasteiger partial charge is 0.326 e. The second-order valence-corrected chi connectivity index (χ2v) is 7.45. The van der Waals surface area contributed by atoms with Crippen LogP contribution in [-0.2, 0) is 30.3 Å². The Kier molecular flexibility index (Phi) is 6.44. The number of nitrogens with one attached hydrogen (secondary N) is 1. The van der Waals surface area contributed by atoms with Gasteiger partial charge in [-0.05, 0) is 37.3 Å². The number of carbonyl (C=O) groups excluding carboxylic acids is 4. The van der Waals surface area contributed by atoms with Gasteiger partial charge in [-0.1, -0.05) is 37.1 Å². The quantitative estimate of drug-likeness (QED) is 0.564. The van der Waals surface area contributed by atoms with Gasteiger partial charge >= 0.3 is 5.97 Å². The number of carbonyl (C=O) groups is 4. The lowest BCUT2D eigenvalue weighted by Gasteiger charge is -2.19. The third-order valence-electron chi connectivity index (χ3n) is 5.56. The molecule has 1 aliphatic heterocycles. The number of likely N-dealkylation sites (tertiary alicyclic amines) is 1. The summed E-state index contributed by atoms with van der Waals surface area (Å²) in [6.45, 7) is 1.61. The highest BCUT2D eigenvalue weighted by molar-refractivity contribution is 6.07. The van der Waals surface area contributed by atoms with Crippen LogP contribution in [0.2, 0.25) is 0 Å². The van der Waals surface area contributed by atoms with Crippen molar-refractivity contribution < 1.29 is 23.9 Å². The first kappa shape index (κ1) is 20.0. The molecule has 2 aliphatic rings. The number of aryl methyl sites for hydroxylation is 1. The Morgan fingerprint density at radius 3 is 2.39 bits per heavy atom. The van der Waals surface area contributed by atoms with Crippen LogP contribution < -0.4 is 5.32 Å². The zero-order valence-corrected chi connectivity index (χ0v) is 16.1. The van der Waals surface area contributed by atoms with Crippen molar-refractivity contribution in [1.82, 2.24) is 10.2 Å². The van der Waals surface area contributed by atoms with E-state index in [1.165, 1.54) is 0 Å². The lowest BCUT2D eigenvalue weighted by atomic mass is 9.81. The van der Waals surface area contributed by atoms with E-state index in [0.717, 1.165) is 28.9 Å². The average molecular weight is 386 g/mol. The van der Waals surface area contributed by atoms with Gasteiger partial charge in [-0.25, -0.2) is 0 Å². The first-order valence-electron chi connectivity index (χ1n) is 9.79.